The normalized spacial score (nSPS) is 10.7. The predicted molar refractivity (Wildman–Crippen MR) is 77.4 cm³/mol. The number of hydrogen-bond donors (Lipinski definition) is 3. The Bertz CT molecular complexity index is 692. The van der Waals surface area contributed by atoms with Gasteiger partial charge in [-0.05, 0) is 24.6 Å². The number of H-pyrrole nitrogens is 1. The van der Waals surface area contributed by atoms with Crippen molar-refractivity contribution in [2.45, 2.75) is 13.5 Å². The van der Waals surface area contributed by atoms with Crippen molar-refractivity contribution in [1.29, 1.82) is 0 Å². The van der Waals surface area contributed by atoms with E-state index in [4.69, 9.17) is 0 Å². The summed E-state index contributed by atoms with van der Waals surface area (Å²) in [5.41, 5.74) is 1.86. The highest BCUT2D eigenvalue weighted by Crippen LogP contribution is 2.20. The van der Waals surface area contributed by atoms with Crippen molar-refractivity contribution >= 4 is 22.8 Å². The summed E-state index contributed by atoms with van der Waals surface area (Å²) in [5.74, 6) is 1.35. The molecule has 0 aliphatic carbocycles. The van der Waals surface area contributed by atoms with Crippen molar-refractivity contribution in [2.75, 3.05) is 17.2 Å². The molecule has 0 bridgehead atoms. The van der Waals surface area contributed by atoms with Gasteiger partial charge in [-0.3, -0.25) is 10.1 Å². The maximum atomic E-state index is 4.47. The Morgan fingerprint density at radius 2 is 2.00 bits per heavy atom. The van der Waals surface area contributed by atoms with Crippen molar-refractivity contribution < 1.29 is 0 Å². The highest BCUT2D eigenvalue weighted by Gasteiger charge is 2.08. The minimum absolute atomic E-state index is 0.585. The largest absolute Gasteiger partial charge is 0.365 e. The van der Waals surface area contributed by atoms with E-state index in [2.05, 4.69) is 35.8 Å². The second-order valence-electron chi connectivity index (χ2n) is 4.27. The topological polar surface area (TPSA) is 91.4 Å². The minimum Gasteiger partial charge on any atom is -0.365 e. The van der Waals surface area contributed by atoms with Crippen molar-refractivity contribution in [3.05, 3.63) is 36.3 Å². The highest BCUT2D eigenvalue weighted by atomic mass is 15.2. The number of pyridine rings is 1. The first kappa shape index (κ1) is 12.3. The molecule has 7 nitrogen and oxygen atoms in total. The van der Waals surface area contributed by atoms with Crippen LogP contribution >= 0.6 is 0 Å². The minimum atomic E-state index is 0.585. The molecule has 0 amide bonds. The lowest BCUT2D eigenvalue weighted by molar-refractivity contribution is 1.05. The van der Waals surface area contributed by atoms with E-state index >= 15 is 0 Å². The summed E-state index contributed by atoms with van der Waals surface area (Å²) < 4.78 is 0. The van der Waals surface area contributed by atoms with E-state index in [9.17, 15) is 0 Å². The van der Waals surface area contributed by atoms with Gasteiger partial charge in [-0.1, -0.05) is 0 Å². The third-order valence-electron chi connectivity index (χ3n) is 2.85. The molecule has 3 N–H and O–H groups in total. The molecule has 0 radical (unpaired) electrons. The highest BCUT2D eigenvalue weighted by molar-refractivity contribution is 5.86. The molecule has 0 fully saturated rings. The summed E-state index contributed by atoms with van der Waals surface area (Å²) in [4.78, 5) is 12.8. The van der Waals surface area contributed by atoms with E-state index in [0.717, 1.165) is 23.3 Å². The molecule has 0 aromatic carbocycles. The van der Waals surface area contributed by atoms with E-state index < -0.39 is 0 Å². The first-order valence-electron chi connectivity index (χ1n) is 6.44. The fourth-order valence-electron chi connectivity index (χ4n) is 1.89. The van der Waals surface area contributed by atoms with Gasteiger partial charge in [0.15, 0.2) is 5.65 Å². The van der Waals surface area contributed by atoms with Gasteiger partial charge >= 0.3 is 0 Å². The predicted octanol–water partition coefficient (Wildman–Crippen LogP) is 1.79. The van der Waals surface area contributed by atoms with Gasteiger partial charge in [0.25, 0.3) is 0 Å². The molecule has 0 saturated heterocycles. The van der Waals surface area contributed by atoms with Crippen LogP contribution in [0.3, 0.4) is 0 Å². The number of rotatable bonds is 5. The van der Waals surface area contributed by atoms with Gasteiger partial charge in [-0.2, -0.15) is 15.1 Å². The van der Waals surface area contributed by atoms with E-state index in [1.165, 1.54) is 0 Å². The molecule has 0 atom stereocenters. The van der Waals surface area contributed by atoms with Gasteiger partial charge in [-0.15, -0.1) is 0 Å². The maximum absolute atomic E-state index is 4.47. The van der Waals surface area contributed by atoms with Crippen LogP contribution < -0.4 is 10.6 Å². The number of aromatic nitrogens is 5. The van der Waals surface area contributed by atoms with Crippen LogP contribution in [0.25, 0.3) is 11.0 Å². The van der Waals surface area contributed by atoms with Gasteiger partial charge in [0.1, 0.15) is 5.82 Å². The molecule has 102 valence electrons. The van der Waals surface area contributed by atoms with E-state index in [-0.39, 0.29) is 0 Å². The average molecular weight is 269 g/mol. The van der Waals surface area contributed by atoms with Gasteiger partial charge < -0.3 is 10.6 Å². The SMILES string of the molecule is CCNc1nc(NCc2ccncc2)c2cn[nH]c2n1. The summed E-state index contributed by atoms with van der Waals surface area (Å²) in [6.45, 7) is 3.44. The maximum Gasteiger partial charge on any atom is 0.226 e. The first-order chi connectivity index (χ1) is 9.86. The van der Waals surface area contributed by atoms with Crippen molar-refractivity contribution in [3.63, 3.8) is 0 Å². The molecule has 3 aromatic heterocycles. The molecule has 0 aliphatic rings. The summed E-state index contributed by atoms with van der Waals surface area (Å²) in [5, 5.41) is 14.2. The van der Waals surface area contributed by atoms with Gasteiger partial charge in [0.2, 0.25) is 5.95 Å². The molecule has 20 heavy (non-hydrogen) atoms. The van der Waals surface area contributed by atoms with Crippen LogP contribution in [0, 0.1) is 0 Å². The Kier molecular flexibility index (Phi) is 3.40. The Morgan fingerprint density at radius 3 is 2.80 bits per heavy atom. The zero-order chi connectivity index (χ0) is 13.8. The third-order valence-corrected chi connectivity index (χ3v) is 2.85. The van der Waals surface area contributed by atoms with Crippen LogP contribution in [-0.2, 0) is 6.54 Å². The zero-order valence-corrected chi connectivity index (χ0v) is 11.1. The number of aromatic amines is 1. The molecule has 3 heterocycles. The van der Waals surface area contributed by atoms with Crippen molar-refractivity contribution in [3.8, 4) is 0 Å². The quantitative estimate of drug-likeness (QED) is 0.654. The smallest absolute Gasteiger partial charge is 0.226 e. The van der Waals surface area contributed by atoms with Crippen LogP contribution in [0.1, 0.15) is 12.5 Å². The molecular weight excluding hydrogens is 254 g/mol. The van der Waals surface area contributed by atoms with Crippen LogP contribution in [0.4, 0.5) is 11.8 Å². The number of nitrogens with zero attached hydrogens (tertiary/aromatic N) is 4. The van der Waals surface area contributed by atoms with Crippen LogP contribution in [0.5, 0.6) is 0 Å². The Hall–Kier alpha value is -2.70. The van der Waals surface area contributed by atoms with E-state index in [0.29, 0.717) is 18.1 Å². The summed E-state index contributed by atoms with van der Waals surface area (Å²) in [6.07, 6.45) is 5.27. The Morgan fingerprint density at radius 1 is 1.15 bits per heavy atom. The molecule has 3 aromatic rings. The lowest BCUT2D eigenvalue weighted by atomic mass is 10.2. The second-order valence-corrected chi connectivity index (χ2v) is 4.27. The summed E-state index contributed by atoms with van der Waals surface area (Å²) in [7, 11) is 0. The third kappa shape index (κ3) is 2.51. The van der Waals surface area contributed by atoms with Crippen LogP contribution in [0.2, 0.25) is 0 Å². The lowest BCUT2D eigenvalue weighted by Gasteiger charge is -2.08. The van der Waals surface area contributed by atoms with Gasteiger partial charge in [-0.25, -0.2) is 0 Å². The molecule has 7 heteroatoms. The van der Waals surface area contributed by atoms with Crippen LogP contribution in [-0.4, -0.2) is 31.7 Å². The molecule has 0 unspecified atom stereocenters. The number of hydrogen-bond acceptors (Lipinski definition) is 6. The lowest BCUT2D eigenvalue weighted by Crippen LogP contribution is -2.07. The monoisotopic (exact) mass is 269 g/mol. The van der Waals surface area contributed by atoms with E-state index in [1.54, 1.807) is 18.6 Å². The Balaban J connectivity index is 1.87. The molecule has 0 saturated carbocycles. The number of fused-ring (bicyclic) bond motifs is 1. The van der Waals surface area contributed by atoms with Gasteiger partial charge in [0, 0.05) is 25.5 Å². The number of anilines is 2. The van der Waals surface area contributed by atoms with Crippen LogP contribution in [0.15, 0.2) is 30.7 Å². The Labute approximate surface area is 115 Å². The zero-order valence-electron chi connectivity index (χ0n) is 11.1. The second kappa shape index (κ2) is 5.52. The number of nitrogens with one attached hydrogen (secondary N) is 3. The van der Waals surface area contributed by atoms with Gasteiger partial charge in [0.05, 0.1) is 11.6 Å². The van der Waals surface area contributed by atoms with Crippen molar-refractivity contribution in [1.82, 2.24) is 25.1 Å². The molecule has 3 rings (SSSR count). The fraction of sp³-hybridized carbons (Fsp3) is 0.231. The molecular formula is C13H15N7. The molecule has 0 aliphatic heterocycles. The summed E-state index contributed by atoms with van der Waals surface area (Å²) in [6, 6.07) is 3.93. The summed E-state index contributed by atoms with van der Waals surface area (Å²) >= 11 is 0. The average Bonchev–Trinajstić information content (AvgIpc) is 2.95. The first-order valence-corrected chi connectivity index (χ1v) is 6.44. The van der Waals surface area contributed by atoms with E-state index in [1.807, 2.05) is 19.1 Å². The molecule has 0 spiro atoms. The fourth-order valence-corrected chi connectivity index (χ4v) is 1.89. The standard InChI is InChI=1S/C13H15N7/c1-2-15-13-18-11(10-8-17-20-12(10)19-13)16-7-9-3-5-14-6-4-9/h3-6,8H,2,7H2,1H3,(H3,15,16,17,18,19,20). The van der Waals surface area contributed by atoms with Crippen molar-refractivity contribution in [2.24, 2.45) is 0 Å².